The second-order valence-corrected chi connectivity index (χ2v) is 8.50. The lowest BCUT2D eigenvalue weighted by molar-refractivity contribution is -0.231. The van der Waals surface area contributed by atoms with E-state index in [9.17, 15) is 4.79 Å². The summed E-state index contributed by atoms with van der Waals surface area (Å²) in [4.78, 5) is 11.7. The molecule has 4 bridgehead atoms. The normalized spacial score (nSPS) is 32.3. The van der Waals surface area contributed by atoms with Crippen LogP contribution in [0, 0.1) is 17.8 Å². The number of hydrogen-bond acceptors (Lipinski definition) is 5. The van der Waals surface area contributed by atoms with Crippen LogP contribution in [0.1, 0.15) is 61.4 Å². The smallest absolute Gasteiger partial charge is 0.315 e. The second-order valence-electron chi connectivity index (χ2n) is 8.50. The number of benzene rings is 1. The molecule has 5 nitrogen and oxygen atoms in total. The van der Waals surface area contributed by atoms with Crippen molar-refractivity contribution in [3.8, 4) is 11.5 Å². The van der Waals surface area contributed by atoms with E-state index in [2.05, 4.69) is 0 Å². The molecule has 0 saturated heterocycles. The quantitative estimate of drug-likeness (QED) is 0.501. The lowest BCUT2D eigenvalue weighted by Gasteiger charge is -2.57. The Morgan fingerprint density at radius 3 is 2.19 bits per heavy atom. The highest BCUT2D eigenvalue weighted by Crippen LogP contribution is 2.62. The Morgan fingerprint density at radius 2 is 1.70 bits per heavy atom. The van der Waals surface area contributed by atoms with Crippen molar-refractivity contribution < 1.29 is 23.7 Å². The van der Waals surface area contributed by atoms with E-state index in [1.165, 1.54) is 38.5 Å². The minimum Gasteiger partial charge on any atom is -0.496 e. The number of aldehydes is 1. The first-order valence-corrected chi connectivity index (χ1v) is 10.1. The van der Waals surface area contributed by atoms with Crippen molar-refractivity contribution >= 4 is 6.29 Å². The molecule has 1 aromatic rings. The van der Waals surface area contributed by atoms with Gasteiger partial charge in [0, 0.05) is 18.7 Å². The molecule has 0 aromatic heterocycles. The van der Waals surface area contributed by atoms with Crippen LogP contribution in [0.2, 0.25) is 0 Å². The monoisotopic (exact) mass is 374 g/mol. The van der Waals surface area contributed by atoms with Crippen LogP contribution in [0.4, 0.5) is 0 Å². The molecule has 0 N–H and O–H groups in total. The van der Waals surface area contributed by atoms with Crippen molar-refractivity contribution in [2.24, 2.45) is 17.8 Å². The predicted octanol–water partition coefficient (Wildman–Crippen LogP) is 4.32. The first kappa shape index (κ1) is 18.8. The van der Waals surface area contributed by atoms with Crippen LogP contribution in [-0.2, 0) is 14.9 Å². The molecular weight excluding hydrogens is 344 g/mol. The summed E-state index contributed by atoms with van der Waals surface area (Å²) in [5.74, 6) is 3.66. The maximum Gasteiger partial charge on any atom is 0.315 e. The third kappa shape index (κ3) is 3.36. The Kier molecular flexibility index (Phi) is 5.17. The first-order valence-electron chi connectivity index (χ1n) is 10.1. The topological polar surface area (TPSA) is 54.0 Å². The zero-order chi connectivity index (χ0) is 19.0. The van der Waals surface area contributed by atoms with E-state index in [0.29, 0.717) is 17.9 Å². The van der Waals surface area contributed by atoms with Crippen molar-refractivity contribution in [2.45, 2.75) is 57.3 Å². The number of ether oxygens (including phenoxy) is 4. The molecule has 0 amide bonds. The van der Waals surface area contributed by atoms with Gasteiger partial charge in [-0.25, -0.2) is 0 Å². The minimum absolute atomic E-state index is 0.0959. The molecule has 0 radical (unpaired) electrons. The van der Waals surface area contributed by atoms with Gasteiger partial charge in [0.05, 0.1) is 19.3 Å². The third-order valence-electron chi connectivity index (χ3n) is 6.79. The average Bonchev–Trinajstić information content (AvgIpc) is 2.66. The summed E-state index contributed by atoms with van der Waals surface area (Å²) in [6.45, 7) is 1.63. The van der Waals surface area contributed by atoms with Crippen LogP contribution >= 0.6 is 0 Å². The highest BCUT2D eigenvalue weighted by atomic mass is 16.8. The number of methoxy groups -OCH3 is 2. The van der Waals surface area contributed by atoms with Crippen LogP contribution in [0.15, 0.2) is 12.1 Å². The summed E-state index contributed by atoms with van der Waals surface area (Å²) in [5, 5.41) is 0. The van der Waals surface area contributed by atoms with Gasteiger partial charge in [0.25, 0.3) is 0 Å². The van der Waals surface area contributed by atoms with E-state index < -0.39 is 6.48 Å². The molecule has 148 valence electrons. The highest BCUT2D eigenvalue weighted by molar-refractivity contribution is 5.81. The van der Waals surface area contributed by atoms with Gasteiger partial charge in [0.15, 0.2) is 6.29 Å². The summed E-state index contributed by atoms with van der Waals surface area (Å²) >= 11 is 0. The molecule has 4 aliphatic carbocycles. The van der Waals surface area contributed by atoms with Gasteiger partial charge >= 0.3 is 6.48 Å². The van der Waals surface area contributed by atoms with E-state index in [-0.39, 0.29) is 5.41 Å². The van der Waals surface area contributed by atoms with Crippen LogP contribution in [0.3, 0.4) is 0 Å². The van der Waals surface area contributed by atoms with Crippen molar-refractivity contribution in [3.05, 3.63) is 23.3 Å². The molecule has 1 atom stereocenters. The molecule has 27 heavy (non-hydrogen) atoms. The van der Waals surface area contributed by atoms with E-state index in [1.807, 2.05) is 19.1 Å². The van der Waals surface area contributed by atoms with Gasteiger partial charge in [0.1, 0.15) is 11.5 Å². The van der Waals surface area contributed by atoms with Crippen molar-refractivity contribution in [1.29, 1.82) is 0 Å². The highest BCUT2D eigenvalue weighted by Gasteiger charge is 2.52. The Labute approximate surface area is 161 Å². The number of carbonyl (C=O) groups excluding carboxylic acids is 1. The van der Waals surface area contributed by atoms with Crippen molar-refractivity contribution in [3.63, 3.8) is 0 Å². The molecule has 4 aliphatic rings. The van der Waals surface area contributed by atoms with Gasteiger partial charge < -0.3 is 18.9 Å². The van der Waals surface area contributed by atoms with E-state index in [1.54, 1.807) is 14.2 Å². The second kappa shape index (κ2) is 7.44. The van der Waals surface area contributed by atoms with Crippen LogP contribution in [0.25, 0.3) is 0 Å². The van der Waals surface area contributed by atoms with Crippen LogP contribution in [0.5, 0.6) is 11.5 Å². The SMILES string of the molecule is CCOC(OC)Oc1cc(OC)c(C=O)cc1C12CC3CC(CC(C3)C1)C2. The van der Waals surface area contributed by atoms with E-state index >= 15 is 0 Å². The fourth-order valence-electron chi connectivity index (χ4n) is 6.19. The van der Waals surface area contributed by atoms with Crippen LogP contribution < -0.4 is 9.47 Å². The Bertz CT molecular complexity index is 663. The van der Waals surface area contributed by atoms with E-state index in [0.717, 1.165) is 35.4 Å². The average molecular weight is 374 g/mol. The zero-order valence-corrected chi connectivity index (χ0v) is 16.5. The summed E-state index contributed by atoms with van der Waals surface area (Å²) < 4.78 is 22.4. The summed E-state index contributed by atoms with van der Waals surface area (Å²) in [5.41, 5.74) is 1.81. The molecule has 0 aliphatic heterocycles. The molecule has 5 heteroatoms. The summed E-state index contributed by atoms with van der Waals surface area (Å²) in [6, 6.07) is 3.83. The lowest BCUT2D eigenvalue weighted by atomic mass is 9.48. The fraction of sp³-hybridized carbons (Fsp3) is 0.682. The third-order valence-corrected chi connectivity index (χ3v) is 6.79. The Hall–Kier alpha value is -1.59. The van der Waals surface area contributed by atoms with Crippen LogP contribution in [-0.4, -0.2) is 33.6 Å². The largest absolute Gasteiger partial charge is 0.496 e. The fourth-order valence-corrected chi connectivity index (χ4v) is 6.19. The van der Waals surface area contributed by atoms with E-state index in [4.69, 9.17) is 18.9 Å². The van der Waals surface area contributed by atoms with Gasteiger partial charge in [-0.3, -0.25) is 4.79 Å². The number of carbonyl (C=O) groups is 1. The van der Waals surface area contributed by atoms with Gasteiger partial charge in [-0.05, 0) is 74.7 Å². The van der Waals surface area contributed by atoms with Gasteiger partial charge in [-0.1, -0.05) is 0 Å². The lowest BCUT2D eigenvalue weighted by Crippen LogP contribution is -2.48. The Balaban J connectivity index is 1.77. The molecular formula is C22H30O5. The molecule has 1 aromatic carbocycles. The number of rotatable bonds is 8. The number of hydrogen-bond donors (Lipinski definition) is 0. The minimum atomic E-state index is -0.769. The van der Waals surface area contributed by atoms with Crippen molar-refractivity contribution in [1.82, 2.24) is 0 Å². The summed E-state index contributed by atoms with van der Waals surface area (Å²) in [7, 11) is 3.15. The molecule has 0 heterocycles. The molecule has 1 unspecified atom stereocenters. The zero-order valence-electron chi connectivity index (χ0n) is 16.5. The molecule has 0 spiro atoms. The predicted molar refractivity (Wildman–Crippen MR) is 101 cm³/mol. The maximum absolute atomic E-state index is 11.7. The first-order chi connectivity index (χ1) is 13.1. The van der Waals surface area contributed by atoms with Crippen molar-refractivity contribution in [2.75, 3.05) is 20.8 Å². The summed E-state index contributed by atoms with van der Waals surface area (Å²) in [6.07, 6.45) is 8.54. The van der Waals surface area contributed by atoms with Gasteiger partial charge in [-0.2, -0.15) is 0 Å². The standard InChI is InChI=1S/C22H30O5/c1-4-26-21(25-3)27-20-9-19(24-2)17(13-23)8-18(20)22-10-14-5-15(11-22)7-16(6-14)12-22/h8-9,13-16,21H,4-7,10-12H2,1-3H3. The molecule has 4 saturated carbocycles. The molecule has 5 rings (SSSR count). The molecule has 4 fully saturated rings. The maximum atomic E-state index is 11.7. The van der Waals surface area contributed by atoms with Gasteiger partial charge in [-0.15, -0.1) is 0 Å². The van der Waals surface area contributed by atoms with Gasteiger partial charge in [0.2, 0.25) is 0 Å². The Morgan fingerprint density at radius 1 is 1.07 bits per heavy atom.